The number of H-pyrrole nitrogens is 1. The van der Waals surface area contributed by atoms with Crippen molar-refractivity contribution < 1.29 is 4.79 Å². The Morgan fingerprint density at radius 3 is 2.60 bits per heavy atom. The minimum absolute atomic E-state index is 0.188. The van der Waals surface area contributed by atoms with Crippen molar-refractivity contribution in [3.63, 3.8) is 0 Å². The number of carbonyl (C=O) groups excluding carboxylic acids is 1. The minimum atomic E-state index is 0.188. The van der Waals surface area contributed by atoms with E-state index in [1.54, 1.807) is 6.92 Å². The largest absolute Gasteiger partial charge is 0.358 e. The number of aryl methyl sites for hydroxylation is 1. The molecule has 2 heterocycles. The number of nitrogens with one attached hydrogen (secondary N) is 1. The number of amides is 1. The monoisotopic (exact) mass is 271 g/mol. The molecule has 20 heavy (non-hydrogen) atoms. The van der Waals surface area contributed by atoms with E-state index in [4.69, 9.17) is 0 Å². The first-order valence-corrected chi connectivity index (χ1v) is 7.19. The number of hydrogen-bond donors (Lipinski definition) is 1. The molecule has 1 N–H and O–H groups in total. The Balaban J connectivity index is 1.74. The van der Waals surface area contributed by atoms with Crippen molar-refractivity contribution in [3.05, 3.63) is 35.5 Å². The fourth-order valence-corrected chi connectivity index (χ4v) is 2.98. The Morgan fingerprint density at radius 2 is 1.90 bits per heavy atom. The van der Waals surface area contributed by atoms with Gasteiger partial charge in [0.15, 0.2) is 0 Å². The van der Waals surface area contributed by atoms with Crippen LogP contribution in [0.1, 0.15) is 18.2 Å². The molecule has 0 saturated carbocycles. The average molecular weight is 271 g/mol. The van der Waals surface area contributed by atoms with Gasteiger partial charge in [-0.25, -0.2) is 0 Å². The van der Waals surface area contributed by atoms with Crippen molar-refractivity contribution in [2.24, 2.45) is 0 Å². The van der Waals surface area contributed by atoms with Crippen molar-refractivity contribution in [2.45, 2.75) is 20.4 Å². The number of hydrogen-bond acceptors (Lipinski definition) is 2. The van der Waals surface area contributed by atoms with Crippen LogP contribution in [-0.2, 0) is 11.3 Å². The van der Waals surface area contributed by atoms with Crippen molar-refractivity contribution >= 4 is 16.8 Å². The third-order valence-corrected chi connectivity index (χ3v) is 4.23. The number of carbonyl (C=O) groups is 1. The average Bonchev–Trinajstić information content (AvgIpc) is 2.76. The molecular weight excluding hydrogens is 250 g/mol. The number of para-hydroxylation sites is 1. The van der Waals surface area contributed by atoms with Gasteiger partial charge in [0.2, 0.25) is 5.91 Å². The van der Waals surface area contributed by atoms with Gasteiger partial charge in [-0.05, 0) is 18.6 Å². The second kappa shape index (κ2) is 5.29. The zero-order chi connectivity index (χ0) is 14.1. The molecule has 4 heteroatoms. The molecule has 4 nitrogen and oxygen atoms in total. The molecule has 0 radical (unpaired) electrons. The molecule has 106 valence electrons. The molecule has 0 spiro atoms. The van der Waals surface area contributed by atoms with Crippen LogP contribution < -0.4 is 0 Å². The van der Waals surface area contributed by atoms with Crippen LogP contribution in [0.4, 0.5) is 0 Å². The molecule has 1 aliphatic rings. The summed E-state index contributed by atoms with van der Waals surface area (Å²) in [4.78, 5) is 19.2. The normalized spacial score (nSPS) is 16.8. The van der Waals surface area contributed by atoms with Crippen LogP contribution in [0.15, 0.2) is 24.3 Å². The van der Waals surface area contributed by atoms with Gasteiger partial charge in [0.05, 0.1) is 0 Å². The van der Waals surface area contributed by atoms with Crippen LogP contribution >= 0.6 is 0 Å². The van der Waals surface area contributed by atoms with Gasteiger partial charge in [0, 0.05) is 56.2 Å². The summed E-state index contributed by atoms with van der Waals surface area (Å²) in [6, 6.07) is 8.46. The number of benzene rings is 1. The summed E-state index contributed by atoms with van der Waals surface area (Å²) in [5, 5.41) is 1.32. The number of piperazine rings is 1. The Kier molecular flexibility index (Phi) is 3.49. The third-order valence-electron chi connectivity index (χ3n) is 4.23. The smallest absolute Gasteiger partial charge is 0.219 e. The SMILES string of the molecule is CC(=O)N1CCN(Cc2c(C)[nH]c3ccccc23)CC1. The molecule has 0 unspecified atom stereocenters. The second-order valence-corrected chi connectivity index (χ2v) is 5.56. The molecule has 3 rings (SSSR count). The first-order chi connectivity index (χ1) is 9.65. The lowest BCUT2D eigenvalue weighted by Gasteiger charge is -2.34. The van der Waals surface area contributed by atoms with Gasteiger partial charge in [-0.2, -0.15) is 0 Å². The molecule has 0 bridgehead atoms. The predicted molar refractivity (Wildman–Crippen MR) is 80.6 cm³/mol. The number of rotatable bonds is 2. The molecule has 1 aromatic heterocycles. The number of aromatic nitrogens is 1. The highest BCUT2D eigenvalue weighted by Gasteiger charge is 2.20. The Bertz CT molecular complexity index is 624. The van der Waals surface area contributed by atoms with Crippen molar-refractivity contribution in [1.82, 2.24) is 14.8 Å². The number of nitrogens with zero attached hydrogens (tertiary/aromatic N) is 2. The van der Waals surface area contributed by atoms with E-state index in [-0.39, 0.29) is 5.91 Å². The molecule has 1 amide bonds. The lowest BCUT2D eigenvalue weighted by molar-refractivity contribution is -0.130. The number of aromatic amines is 1. The molecule has 1 aliphatic heterocycles. The summed E-state index contributed by atoms with van der Waals surface area (Å²) >= 11 is 0. The van der Waals surface area contributed by atoms with E-state index in [0.29, 0.717) is 0 Å². The Morgan fingerprint density at radius 1 is 1.20 bits per heavy atom. The quantitative estimate of drug-likeness (QED) is 0.909. The van der Waals surface area contributed by atoms with E-state index in [9.17, 15) is 4.79 Å². The van der Waals surface area contributed by atoms with Crippen molar-refractivity contribution in [3.8, 4) is 0 Å². The topological polar surface area (TPSA) is 39.3 Å². The van der Waals surface area contributed by atoms with Crippen LogP contribution in [0.5, 0.6) is 0 Å². The van der Waals surface area contributed by atoms with Gasteiger partial charge in [0.25, 0.3) is 0 Å². The summed E-state index contributed by atoms with van der Waals surface area (Å²) in [7, 11) is 0. The second-order valence-electron chi connectivity index (χ2n) is 5.56. The van der Waals surface area contributed by atoms with Crippen molar-refractivity contribution in [1.29, 1.82) is 0 Å². The minimum Gasteiger partial charge on any atom is -0.358 e. The Labute approximate surface area is 119 Å². The molecule has 1 fully saturated rings. The highest BCUT2D eigenvalue weighted by molar-refractivity contribution is 5.84. The highest BCUT2D eigenvalue weighted by Crippen LogP contribution is 2.23. The molecule has 2 aromatic rings. The van der Waals surface area contributed by atoms with Gasteiger partial charge in [-0.3, -0.25) is 9.69 Å². The standard InChI is InChI=1S/C16H21N3O/c1-12-15(14-5-3-4-6-16(14)17-12)11-18-7-9-19(10-8-18)13(2)20/h3-6,17H,7-11H2,1-2H3. The Hall–Kier alpha value is -1.81. The molecule has 1 aromatic carbocycles. The fourth-order valence-electron chi connectivity index (χ4n) is 2.98. The number of fused-ring (bicyclic) bond motifs is 1. The summed E-state index contributed by atoms with van der Waals surface area (Å²) in [5.41, 5.74) is 3.85. The van der Waals surface area contributed by atoms with E-state index in [1.165, 1.54) is 22.2 Å². The summed E-state index contributed by atoms with van der Waals surface area (Å²) in [6.07, 6.45) is 0. The summed E-state index contributed by atoms with van der Waals surface area (Å²) in [5.74, 6) is 0.188. The van der Waals surface area contributed by atoms with Gasteiger partial charge < -0.3 is 9.88 Å². The summed E-state index contributed by atoms with van der Waals surface area (Å²) < 4.78 is 0. The first kappa shape index (κ1) is 13.2. The predicted octanol–water partition coefficient (Wildman–Crippen LogP) is 2.14. The van der Waals surface area contributed by atoms with Crippen LogP contribution in [0.25, 0.3) is 10.9 Å². The molecule has 1 saturated heterocycles. The zero-order valence-corrected chi connectivity index (χ0v) is 12.1. The first-order valence-electron chi connectivity index (χ1n) is 7.19. The zero-order valence-electron chi connectivity index (χ0n) is 12.1. The lowest BCUT2D eigenvalue weighted by atomic mass is 10.1. The van der Waals surface area contributed by atoms with Gasteiger partial charge in [0.1, 0.15) is 0 Å². The van der Waals surface area contributed by atoms with Crippen molar-refractivity contribution in [2.75, 3.05) is 26.2 Å². The van der Waals surface area contributed by atoms with Crippen LogP contribution in [-0.4, -0.2) is 46.9 Å². The van der Waals surface area contributed by atoms with Gasteiger partial charge >= 0.3 is 0 Å². The van der Waals surface area contributed by atoms with E-state index in [0.717, 1.165) is 32.7 Å². The van der Waals surface area contributed by atoms with E-state index < -0.39 is 0 Å². The van der Waals surface area contributed by atoms with E-state index in [2.05, 4.69) is 41.1 Å². The fraction of sp³-hybridized carbons (Fsp3) is 0.438. The van der Waals surface area contributed by atoms with Gasteiger partial charge in [-0.1, -0.05) is 18.2 Å². The maximum absolute atomic E-state index is 11.4. The van der Waals surface area contributed by atoms with Crippen LogP contribution in [0.2, 0.25) is 0 Å². The molecule has 0 atom stereocenters. The lowest BCUT2D eigenvalue weighted by Crippen LogP contribution is -2.47. The van der Waals surface area contributed by atoms with E-state index >= 15 is 0 Å². The molecule has 0 aliphatic carbocycles. The molecular formula is C16H21N3O. The van der Waals surface area contributed by atoms with Crippen LogP contribution in [0.3, 0.4) is 0 Å². The maximum Gasteiger partial charge on any atom is 0.219 e. The van der Waals surface area contributed by atoms with Crippen LogP contribution in [0, 0.1) is 6.92 Å². The summed E-state index contributed by atoms with van der Waals surface area (Å²) in [6.45, 7) is 8.35. The maximum atomic E-state index is 11.4. The third kappa shape index (κ3) is 2.43. The van der Waals surface area contributed by atoms with Gasteiger partial charge in [-0.15, -0.1) is 0 Å². The van der Waals surface area contributed by atoms with E-state index in [1.807, 2.05) is 4.90 Å². The highest BCUT2D eigenvalue weighted by atomic mass is 16.2.